The lowest BCUT2D eigenvalue weighted by Gasteiger charge is -2.13. The van der Waals surface area contributed by atoms with Crippen LogP contribution in [-0.2, 0) is 6.54 Å². The van der Waals surface area contributed by atoms with Gasteiger partial charge < -0.3 is 4.74 Å². The molecule has 0 radical (unpaired) electrons. The number of ether oxygens (including phenoxy) is 1. The summed E-state index contributed by atoms with van der Waals surface area (Å²) in [5, 5.41) is 4.51. The second-order valence-electron chi connectivity index (χ2n) is 3.63. The van der Waals surface area contributed by atoms with Gasteiger partial charge in [0, 0.05) is 19.0 Å². The molecular weight excluding hydrogens is 224 g/mol. The van der Waals surface area contributed by atoms with Gasteiger partial charge in [-0.25, -0.2) is 4.68 Å². The molecule has 3 nitrogen and oxygen atoms in total. The first-order chi connectivity index (χ1) is 8.85. The molecule has 3 heteroatoms. The maximum absolute atomic E-state index is 5.53. The third kappa shape index (κ3) is 3.36. The highest BCUT2D eigenvalue weighted by molar-refractivity contribution is 5.72. The van der Waals surface area contributed by atoms with E-state index in [1.165, 1.54) is 0 Å². The first-order valence-corrected chi connectivity index (χ1v) is 6.51. The normalized spacial score (nSPS) is 14.5. The first-order valence-electron chi connectivity index (χ1n) is 6.51. The van der Waals surface area contributed by atoms with Crippen LogP contribution in [0.3, 0.4) is 0 Å². The number of allylic oxidation sites excluding steroid dienone is 5. The number of hydrogen-bond acceptors (Lipinski definition) is 2. The maximum atomic E-state index is 5.53. The summed E-state index contributed by atoms with van der Waals surface area (Å²) in [5.41, 5.74) is 2.04. The van der Waals surface area contributed by atoms with Crippen LogP contribution in [0.2, 0.25) is 0 Å². The average Bonchev–Trinajstić information content (AvgIpc) is 2.85. The predicted octanol–water partition coefficient (Wildman–Crippen LogP) is 3.84. The van der Waals surface area contributed by atoms with E-state index in [-0.39, 0.29) is 0 Å². The molecule has 0 aliphatic carbocycles. The van der Waals surface area contributed by atoms with E-state index in [1.54, 1.807) is 6.08 Å². The number of rotatable bonds is 3. The zero-order valence-electron chi connectivity index (χ0n) is 11.5. The molecule has 0 fully saturated rings. The van der Waals surface area contributed by atoms with Gasteiger partial charge in [-0.1, -0.05) is 44.7 Å². The van der Waals surface area contributed by atoms with Crippen molar-refractivity contribution in [3.8, 4) is 5.88 Å². The summed E-state index contributed by atoms with van der Waals surface area (Å²) in [6.45, 7) is 11.4. The molecular formula is C15H22N2O. The van der Waals surface area contributed by atoms with Crippen molar-refractivity contribution in [2.75, 3.05) is 6.61 Å². The Hall–Kier alpha value is -1.77. The molecule has 2 heterocycles. The highest BCUT2D eigenvalue weighted by Crippen LogP contribution is 2.23. The zero-order valence-corrected chi connectivity index (χ0v) is 11.5. The second kappa shape index (κ2) is 7.54. The lowest BCUT2D eigenvalue weighted by atomic mass is 10.1. The Morgan fingerprint density at radius 3 is 2.89 bits per heavy atom. The molecule has 0 unspecified atom stereocenters. The van der Waals surface area contributed by atoms with Crippen LogP contribution in [-0.4, -0.2) is 16.4 Å². The van der Waals surface area contributed by atoms with E-state index in [0.29, 0.717) is 0 Å². The van der Waals surface area contributed by atoms with Crippen molar-refractivity contribution >= 4 is 5.57 Å². The minimum atomic E-state index is 0.790. The van der Waals surface area contributed by atoms with Crippen molar-refractivity contribution in [2.45, 2.75) is 33.7 Å². The molecule has 0 N–H and O–H groups in total. The summed E-state index contributed by atoms with van der Waals surface area (Å²) in [7, 11) is 0. The summed E-state index contributed by atoms with van der Waals surface area (Å²) >= 11 is 0. The van der Waals surface area contributed by atoms with E-state index < -0.39 is 0 Å². The van der Waals surface area contributed by atoms with Gasteiger partial charge in [0.25, 0.3) is 0 Å². The highest BCUT2D eigenvalue weighted by Gasteiger charge is 2.13. The van der Waals surface area contributed by atoms with Crippen molar-refractivity contribution in [3.63, 3.8) is 0 Å². The summed E-state index contributed by atoms with van der Waals surface area (Å²) in [6, 6.07) is 1.99. The van der Waals surface area contributed by atoms with Crippen LogP contribution in [0.5, 0.6) is 5.88 Å². The molecule has 0 saturated carbocycles. The van der Waals surface area contributed by atoms with Crippen molar-refractivity contribution < 1.29 is 4.74 Å². The molecule has 0 aromatic carbocycles. The molecule has 0 atom stereocenters. The largest absolute Gasteiger partial charge is 0.478 e. The number of aryl methyl sites for hydroxylation is 1. The van der Waals surface area contributed by atoms with Gasteiger partial charge in [-0.15, -0.1) is 0 Å². The molecule has 1 aliphatic rings. The van der Waals surface area contributed by atoms with Gasteiger partial charge in [0.2, 0.25) is 5.88 Å². The van der Waals surface area contributed by atoms with Crippen molar-refractivity contribution in [1.82, 2.24) is 9.78 Å². The Labute approximate surface area is 109 Å². The number of aromatic nitrogens is 2. The van der Waals surface area contributed by atoms with Gasteiger partial charge in [0.05, 0.1) is 12.3 Å². The van der Waals surface area contributed by atoms with Crippen molar-refractivity contribution in [1.29, 1.82) is 0 Å². The molecule has 1 aliphatic heterocycles. The van der Waals surface area contributed by atoms with E-state index in [2.05, 4.69) is 11.7 Å². The van der Waals surface area contributed by atoms with Crippen LogP contribution in [0.15, 0.2) is 36.9 Å². The molecule has 0 spiro atoms. The number of fused-ring (bicyclic) bond motifs is 1. The topological polar surface area (TPSA) is 27.1 Å². The lowest BCUT2D eigenvalue weighted by Crippen LogP contribution is -2.14. The smallest absolute Gasteiger partial charge is 0.212 e. The third-order valence-corrected chi connectivity index (χ3v) is 2.53. The maximum Gasteiger partial charge on any atom is 0.212 e. The number of hydrogen-bond donors (Lipinski definition) is 0. The minimum Gasteiger partial charge on any atom is -0.478 e. The molecule has 0 saturated heterocycles. The third-order valence-electron chi connectivity index (χ3n) is 2.53. The fraction of sp³-hybridized carbons (Fsp3) is 0.400. The predicted molar refractivity (Wildman–Crippen MR) is 76.7 cm³/mol. The van der Waals surface area contributed by atoms with Crippen LogP contribution >= 0.6 is 0 Å². The fourth-order valence-corrected chi connectivity index (χ4v) is 1.71. The Bertz CT molecular complexity index is 418. The Morgan fingerprint density at radius 1 is 1.50 bits per heavy atom. The fourth-order valence-electron chi connectivity index (χ4n) is 1.71. The van der Waals surface area contributed by atoms with Gasteiger partial charge in [0.1, 0.15) is 0 Å². The molecule has 0 bridgehead atoms. The van der Waals surface area contributed by atoms with Gasteiger partial charge in [-0.2, -0.15) is 5.10 Å². The highest BCUT2D eigenvalue weighted by atomic mass is 16.5. The molecule has 98 valence electrons. The lowest BCUT2D eigenvalue weighted by molar-refractivity contribution is 0.230. The Kier molecular flexibility index (Phi) is 5.98. The molecule has 0 amide bonds. The van der Waals surface area contributed by atoms with Crippen LogP contribution < -0.4 is 4.74 Å². The molecule has 1 aromatic heterocycles. The SMILES string of the molecule is C=C/C=C\C(=C/C)c1cc2n(n1)CCCO2.CC. The van der Waals surface area contributed by atoms with E-state index >= 15 is 0 Å². The van der Waals surface area contributed by atoms with E-state index in [1.807, 2.05) is 49.7 Å². The summed E-state index contributed by atoms with van der Waals surface area (Å²) < 4.78 is 7.45. The standard InChI is InChI=1S/C13H16N2O.C2H6/c1-3-5-7-11(4-2)12-10-13-15(14-12)8-6-9-16-13;1-2/h3-5,7,10H,1,6,8-9H2,2H3;1-2H3/b7-5-,11-4+;. The van der Waals surface area contributed by atoms with Gasteiger partial charge >= 0.3 is 0 Å². The van der Waals surface area contributed by atoms with Crippen LogP contribution in [0, 0.1) is 0 Å². The number of nitrogens with zero attached hydrogens (tertiary/aromatic N) is 2. The van der Waals surface area contributed by atoms with E-state index in [9.17, 15) is 0 Å². The van der Waals surface area contributed by atoms with Crippen LogP contribution in [0.25, 0.3) is 5.57 Å². The molecule has 18 heavy (non-hydrogen) atoms. The second-order valence-corrected chi connectivity index (χ2v) is 3.63. The van der Waals surface area contributed by atoms with Crippen molar-refractivity contribution in [3.05, 3.63) is 42.6 Å². The molecule has 2 rings (SSSR count). The van der Waals surface area contributed by atoms with E-state index in [4.69, 9.17) is 4.74 Å². The summed E-state index contributed by atoms with van der Waals surface area (Å²) in [5.74, 6) is 0.868. The van der Waals surface area contributed by atoms with E-state index in [0.717, 1.165) is 36.7 Å². The Morgan fingerprint density at radius 2 is 2.28 bits per heavy atom. The van der Waals surface area contributed by atoms with Gasteiger partial charge in [-0.3, -0.25) is 0 Å². The monoisotopic (exact) mass is 246 g/mol. The summed E-state index contributed by atoms with van der Waals surface area (Å²) in [4.78, 5) is 0. The van der Waals surface area contributed by atoms with Gasteiger partial charge in [-0.05, 0) is 12.5 Å². The molecule has 1 aromatic rings. The summed E-state index contributed by atoms with van der Waals surface area (Å²) in [6.07, 6.45) is 8.74. The van der Waals surface area contributed by atoms with Gasteiger partial charge in [0.15, 0.2) is 0 Å². The van der Waals surface area contributed by atoms with Crippen LogP contribution in [0.4, 0.5) is 0 Å². The van der Waals surface area contributed by atoms with Crippen LogP contribution in [0.1, 0.15) is 32.9 Å². The first kappa shape index (κ1) is 14.3. The average molecular weight is 246 g/mol. The quantitative estimate of drug-likeness (QED) is 0.758. The van der Waals surface area contributed by atoms with Crippen molar-refractivity contribution in [2.24, 2.45) is 0 Å². The Balaban J connectivity index is 0.000000771. The zero-order chi connectivity index (χ0) is 13.4. The minimum absolute atomic E-state index is 0.790.